The summed E-state index contributed by atoms with van der Waals surface area (Å²) in [6.07, 6.45) is 0.794. The SMILES string of the molecule is CCc1ccccc1OCC(=O)N=Nc1c(O)n(CN2CCOCC2)c2cccc(OC)c12. The number of hydrogen-bond acceptors (Lipinski definition) is 7. The zero-order valence-corrected chi connectivity index (χ0v) is 18.9. The van der Waals surface area contributed by atoms with Gasteiger partial charge in [0, 0.05) is 13.1 Å². The van der Waals surface area contributed by atoms with E-state index >= 15 is 0 Å². The zero-order valence-electron chi connectivity index (χ0n) is 18.9. The van der Waals surface area contributed by atoms with E-state index in [1.165, 1.54) is 0 Å². The van der Waals surface area contributed by atoms with Crippen molar-refractivity contribution in [2.24, 2.45) is 10.2 Å². The van der Waals surface area contributed by atoms with Crippen molar-refractivity contribution in [3.05, 3.63) is 48.0 Å². The Hall–Kier alpha value is -3.43. The second kappa shape index (κ2) is 10.5. The molecule has 1 aromatic heterocycles. The molecule has 2 aromatic carbocycles. The minimum atomic E-state index is -0.552. The molecule has 174 valence electrons. The lowest BCUT2D eigenvalue weighted by atomic mass is 10.1. The monoisotopic (exact) mass is 452 g/mol. The fourth-order valence-electron chi connectivity index (χ4n) is 3.90. The fourth-order valence-corrected chi connectivity index (χ4v) is 3.90. The van der Waals surface area contributed by atoms with Gasteiger partial charge < -0.3 is 19.3 Å². The third-order valence-corrected chi connectivity index (χ3v) is 5.63. The van der Waals surface area contributed by atoms with Crippen molar-refractivity contribution in [1.82, 2.24) is 9.47 Å². The number of carbonyl (C=O) groups excluding carboxylic acids is 1. The molecule has 1 aliphatic heterocycles. The number of fused-ring (bicyclic) bond motifs is 1. The molecule has 0 aliphatic carbocycles. The average Bonchev–Trinajstić information content (AvgIpc) is 3.12. The molecule has 0 radical (unpaired) electrons. The van der Waals surface area contributed by atoms with Crippen molar-refractivity contribution in [1.29, 1.82) is 0 Å². The Kier molecular flexibility index (Phi) is 7.21. The Morgan fingerprint density at radius 3 is 2.64 bits per heavy atom. The first-order chi connectivity index (χ1) is 16.1. The average molecular weight is 453 g/mol. The molecule has 1 N–H and O–H groups in total. The first-order valence-corrected chi connectivity index (χ1v) is 11.0. The van der Waals surface area contributed by atoms with E-state index in [0.717, 1.165) is 30.6 Å². The van der Waals surface area contributed by atoms with Crippen LogP contribution in [0.4, 0.5) is 5.69 Å². The van der Waals surface area contributed by atoms with Crippen LogP contribution in [0.3, 0.4) is 0 Å². The summed E-state index contributed by atoms with van der Waals surface area (Å²) >= 11 is 0. The van der Waals surface area contributed by atoms with Crippen LogP contribution < -0.4 is 9.47 Å². The summed E-state index contributed by atoms with van der Waals surface area (Å²) < 4.78 is 18.3. The van der Waals surface area contributed by atoms with Crippen LogP contribution in [0.5, 0.6) is 17.4 Å². The van der Waals surface area contributed by atoms with Crippen LogP contribution in [0.2, 0.25) is 0 Å². The number of hydrogen-bond donors (Lipinski definition) is 1. The lowest BCUT2D eigenvalue weighted by Gasteiger charge is -2.27. The second-order valence-corrected chi connectivity index (χ2v) is 7.67. The summed E-state index contributed by atoms with van der Waals surface area (Å²) in [4.78, 5) is 14.6. The number of morpholine rings is 1. The molecule has 0 unspecified atom stereocenters. The van der Waals surface area contributed by atoms with Gasteiger partial charge in [0.1, 0.15) is 11.5 Å². The highest BCUT2D eigenvalue weighted by atomic mass is 16.5. The van der Waals surface area contributed by atoms with Gasteiger partial charge in [-0.2, -0.15) is 0 Å². The number of rotatable bonds is 8. The van der Waals surface area contributed by atoms with E-state index in [-0.39, 0.29) is 18.2 Å². The predicted octanol–water partition coefficient (Wildman–Crippen LogP) is 3.90. The maximum absolute atomic E-state index is 12.4. The van der Waals surface area contributed by atoms with Gasteiger partial charge in [0.2, 0.25) is 5.88 Å². The normalized spacial score (nSPS) is 14.7. The number of aryl methyl sites for hydroxylation is 1. The van der Waals surface area contributed by atoms with Crippen LogP contribution in [0, 0.1) is 0 Å². The number of aromatic hydroxyl groups is 1. The molecule has 9 nitrogen and oxygen atoms in total. The van der Waals surface area contributed by atoms with Crippen molar-refractivity contribution in [2.75, 3.05) is 40.0 Å². The first-order valence-electron chi connectivity index (χ1n) is 11.0. The Morgan fingerprint density at radius 2 is 1.88 bits per heavy atom. The van der Waals surface area contributed by atoms with E-state index in [1.807, 2.05) is 43.3 Å². The van der Waals surface area contributed by atoms with E-state index in [1.54, 1.807) is 17.7 Å². The van der Waals surface area contributed by atoms with E-state index in [4.69, 9.17) is 14.2 Å². The molecule has 0 spiro atoms. The number of amides is 1. The largest absolute Gasteiger partial charge is 0.496 e. The molecule has 1 fully saturated rings. The van der Waals surface area contributed by atoms with Gasteiger partial charge in [-0.3, -0.25) is 14.3 Å². The third-order valence-electron chi connectivity index (χ3n) is 5.63. The molecule has 0 bridgehead atoms. The topological polar surface area (TPSA) is 97.9 Å². The van der Waals surface area contributed by atoms with Crippen molar-refractivity contribution in [2.45, 2.75) is 20.0 Å². The lowest BCUT2D eigenvalue weighted by Crippen LogP contribution is -2.37. The van der Waals surface area contributed by atoms with E-state index < -0.39 is 5.91 Å². The summed E-state index contributed by atoms with van der Waals surface area (Å²) in [7, 11) is 1.55. The van der Waals surface area contributed by atoms with Gasteiger partial charge in [0.15, 0.2) is 12.3 Å². The van der Waals surface area contributed by atoms with Gasteiger partial charge in [0.05, 0.1) is 37.9 Å². The van der Waals surface area contributed by atoms with Gasteiger partial charge in [-0.1, -0.05) is 31.2 Å². The molecule has 0 atom stereocenters. The summed E-state index contributed by atoms with van der Waals surface area (Å²) in [6, 6.07) is 13.1. The highest BCUT2D eigenvalue weighted by molar-refractivity contribution is 6.00. The van der Waals surface area contributed by atoms with E-state index in [0.29, 0.717) is 36.8 Å². The molecule has 3 aromatic rings. The number of nitrogens with zero attached hydrogens (tertiary/aromatic N) is 4. The van der Waals surface area contributed by atoms with E-state index in [9.17, 15) is 9.90 Å². The highest BCUT2D eigenvalue weighted by Crippen LogP contribution is 2.43. The summed E-state index contributed by atoms with van der Waals surface area (Å²) in [6.45, 7) is 5.04. The Balaban J connectivity index is 1.59. The molecule has 1 amide bonds. The van der Waals surface area contributed by atoms with Crippen molar-refractivity contribution in [3.63, 3.8) is 0 Å². The predicted molar refractivity (Wildman–Crippen MR) is 123 cm³/mol. The smallest absolute Gasteiger partial charge is 0.302 e. The number of benzene rings is 2. The van der Waals surface area contributed by atoms with Crippen LogP contribution >= 0.6 is 0 Å². The molecule has 1 aliphatic rings. The third kappa shape index (κ3) is 4.99. The quantitative estimate of drug-likeness (QED) is 0.521. The van der Waals surface area contributed by atoms with Crippen LogP contribution in [0.1, 0.15) is 12.5 Å². The molecule has 0 saturated carbocycles. The van der Waals surface area contributed by atoms with Crippen LogP contribution in [0.15, 0.2) is 52.7 Å². The Bertz CT molecular complexity index is 1150. The van der Waals surface area contributed by atoms with Gasteiger partial charge in [-0.05, 0) is 30.2 Å². The van der Waals surface area contributed by atoms with Gasteiger partial charge in [-0.25, -0.2) is 0 Å². The minimum absolute atomic E-state index is 0.0743. The maximum Gasteiger partial charge on any atom is 0.302 e. The number of ether oxygens (including phenoxy) is 3. The second-order valence-electron chi connectivity index (χ2n) is 7.67. The molecule has 33 heavy (non-hydrogen) atoms. The summed E-state index contributed by atoms with van der Waals surface area (Å²) in [5.41, 5.74) is 1.95. The number of methoxy groups -OCH3 is 1. The van der Waals surface area contributed by atoms with E-state index in [2.05, 4.69) is 15.1 Å². The minimum Gasteiger partial charge on any atom is -0.496 e. The molecule has 2 heterocycles. The Morgan fingerprint density at radius 1 is 1.12 bits per heavy atom. The van der Waals surface area contributed by atoms with Crippen molar-refractivity contribution >= 4 is 22.5 Å². The first kappa shape index (κ1) is 22.8. The van der Waals surface area contributed by atoms with Crippen molar-refractivity contribution in [3.8, 4) is 17.4 Å². The van der Waals surface area contributed by atoms with Crippen molar-refractivity contribution < 1.29 is 24.1 Å². The van der Waals surface area contributed by atoms with Crippen LogP contribution in [0.25, 0.3) is 10.9 Å². The fraction of sp³-hybridized carbons (Fsp3) is 0.375. The van der Waals surface area contributed by atoms with Gasteiger partial charge in [0.25, 0.3) is 0 Å². The van der Waals surface area contributed by atoms with Gasteiger partial charge >= 0.3 is 5.91 Å². The standard InChI is InChI=1S/C24H28N4O5/c1-3-17-7-4-5-9-19(17)33-15-21(29)25-26-23-22-18(8-6-10-20(22)31-2)28(24(23)30)16-27-11-13-32-14-12-27/h4-10,30H,3,11-16H2,1-2H3. The number of azo groups is 1. The highest BCUT2D eigenvalue weighted by Gasteiger charge is 2.22. The molecular weight excluding hydrogens is 424 g/mol. The molecule has 1 saturated heterocycles. The maximum atomic E-state index is 12.4. The number of aromatic nitrogens is 1. The number of carbonyl (C=O) groups is 1. The number of para-hydroxylation sites is 1. The molecule has 9 heteroatoms. The van der Waals surface area contributed by atoms with Gasteiger partial charge in [-0.15, -0.1) is 10.2 Å². The lowest BCUT2D eigenvalue weighted by molar-refractivity contribution is -0.120. The van der Waals surface area contributed by atoms with Crippen LogP contribution in [-0.4, -0.2) is 60.5 Å². The Labute approximate surface area is 192 Å². The summed E-state index contributed by atoms with van der Waals surface area (Å²) in [5, 5.41) is 19.5. The molecule has 4 rings (SSSR count). The molecular formula is C24H28N4O5. The zero-order chi connectivity index (χ0) is 23.2. The summed E-state index contributed by atoms with van der Waals surface area (Å²) in [5.74, 6) is 0.562. The van der Waals surface area contributed by atoms with Crippen LogP contribution in [-0.2, 0) is 22.6 Å².